The topological polar surface area (TPSA) is 49.6 Å². The second-order valence-electron chi connectivity index (χ2n) is 10.8. The fourth-order valence-electron chi connectivity index (χ4n) is 7.09. The lowest BCUT2D eigenvalue weighted by Gasteiger charge is -2.46. The van der Waals surface area contributed by atoms with Crippen molar-refractivity contribution < 1.29 is 4.79 Å². The minimum atomic E-state index is -0.199. The first-order chi connectivity index (χ1) is 14.1. The summed E-state index contributed by atoms with van der Waals surface area (Å²) in [5, 5.41) is 0. The lowest BCUT2D eigenvalue weighted by atomic mass is 9.79. The van der Waals surface area contributed by atoms with Crippen molar-refractivity contribution in [2.45, 2.75) is 105 Å². The average molecular weight is 416 g/mol. The third kappa shape index (κ3) is 4.55. The molecule has 0 aromatic heterocycles. The van der Waals surface area contributed by atoms with Crippen molar-refractivity contribution >= 4 is 5.91 Å². The van der Waals surface area contributed by atoms with Crippen molar-refractivity contribution in [3.63, 3.8) is 0 Å². The van der Waals surface area contributed by atoms with Crippen molar-refractivity contribution in [1.29, 1.82) is 0 Å². The summed E-state index contributed by atoms with van der Waals surface area (Å²) in [7, 11) is 0. The molecule has 2 aliphatic carbocycles. The number of hydrogen-bond acceptors (Lipinski definition) is 3. The Bertz CT molecular complexity index is 684. The highest BCUT2D eigenvalue weighted by Crippen LogP contribution is 2.42. The molecule has 0 radical (unpaired) electrons. The molecule has 4 nitrogen and oxygen atoms in total. The van der Waals surface area contributed by atoms with Crippen molar-refractivity contribution in [3.8, 4) is 0 Å². The van der Waals surface area contributed by atoms with Crippen LogP contribution in [0.25, 0.3) is 0 Å². The van der Waals surface area contributed by atoms with Gasteiger partial charge in [0, 0.05) is 18.6 Å². The van der Waals surface area contributed by atoms with E-state index in [9.17, 15) is 4.79 Å². The molecule has 1 aliphatic heterocycles. The molecule has 30 heavy (non-hydrogen) atoms. The fraction of sp³-hybridized carbons (Fsp3) is 0.808. The third-order valence-electron chi connectivity index (χ3n) is 7.89. The third-order valence-corrected chi connectivity index (χ3v) is 7.89. The zero-order valence-corrected chi connectivity index (χ0v) is 20.4. The smallest absolute Gasteiger partial charge is 0.236 e. The summed E-state index contributed by atoms with van der Waals surface area (Å²) in [4.78, 5) is 17.9. The van der Waals surface area contributed by atoms with Crippen LogP contribution in [-0.2, 0) is 4.79 Å². The summed E-state index contributed by atoms with van der Waals surface area (Å²) in [6, 6.07) is 0.528. The van der Waals surface area contributed by atoms with Gasteiger partial charge >= 0.3 is 0 Å². The first-order valence-corrected chi connectivity index (χ1v) is 12.3. The van der Waals surface area contributed by atoms with Crippen LogP contribution in [0, 0.1) is 23.7 Å². The normalized spacial score (nSPS) is 40.9. The van der Waals surface area contributed by atoms with E-state index in [1.165, 1.54) is 36.8 Å². The fourth-order valence-corrected chi connectivity index (χ4v) is 7.09. The number of rotatable bonds is 6. The molecule has 3 aliphatic rings. The van der Waals surface area contributed by atoms with Crippen LogP contribution in [0.5, 0.6) is 0 Å². The Balaban J connectivity index is 2.02. The minimum Gasteiger partial charge on any atom is -0.368 e. The lowest BCUT2D eigenvalue weighted by molar-refractivity contribution is -0.123. The van der Waals surface area contributed by atoms with Crippen LogP contribution >= 0.6 is 0 Å². The van der Waals surface area contributed by atoms with E-state index in [1.54, 1.807) is 0 Å². The average Bonchev–Trinajstić information content (AvgIpc) is 2.97. The maximum absolute atomic E-state index is 12.7. The molecule has 0 aromatic carbocycles. The Labute approximate surface area is 184 Å². The second kappa shape index (κ2) is 9.56. The number of unbranched alkanes of at least 4 members (excludes halogenated alkanes) is 1. The van der Waals surface area contributed by atoms with Crippen LogP contribution in [0.15, 0.2) is 23.3 Å². The maximum Gasteiger partial charge on any atom is 0.236 e. The Hall–Kier alpha value is -1.13. The molecule has 2 N–H and O–H groups in total. The molecule has 8 atom stereocenters. The highest BCUT2D eigenvalue weighted by Gasteiger charge is 2.50. The van der Waals surface area contributed by atoms with E-state index >= 15 is 0 Å². The molecule has 1 fully saturated rings. The second-order valence-corrected chi connectivity index (χ2v) is 10.8. The summed E-state index contributed by atoms with van der Waals surface area (Å²) in [5.74, 6) is 2.23. The summed E-state index contributed by atoms with van der Waals surface area (Å²) >= 11 is 0. The van der Waals surface area contributed by atoms with Crippen molar-refractivity contribution in [1.82, 2.24) is 9.80 Å². The molecule has 0 spiro atoms. The van der Waals surface area contributed by atoms with E-state index in [4.69, 9.17) is 5.73 Å². The molecule has 0 saturated carbocycles. The lowest BCUT2D eigenvalue weighted by Crippen LogP contribution is -2.55. The van der Waals surface area contributed by atoms with Crippen LogP contribution in [0.3, 0.4) is 0 Å². The molecule has 1 heterocycles. The van der Waals surface area contributed by atoms with Gasteiger partial charge in [0.25, 0.3) is 0 Å². The number of amides is 1. The number of carbonyl (C=O) groups is 1. The predicted octanol–water partition coefficient (Wildman–Crippen LogP) is 4.96. The molecule has 4 heteroatoms. The van der Waals surface area contributed by atoms with Gasteiger partial charge in [0.05, 0.1) is 6.17 Å². The van der Waals surface area contributed by atoms with E-state index < -0.39 is 0 Å². The van der Waals surface area contributed by atoms with Gasteiger partial charge in [-0.2, -0.15) is 0 Å². The van der Waals surface area contributed by atoms with E-state index in [0.29, 0.717) is 35.8 Å². The Morgan fingerprint density at radius 3 is 2.00 bits per heavy atom. The first-order valence-electron chi connectivity index (χ1n) is 12.3. The van der Waals surface area contributed by atoms with Gasteiger partial charge < -0.3 is 5.73 Å². The summed E-state index contributed by atoms with van der Waals surface area (Å²) in [6.07, 6.45) is 11.0. The molecule has 0 bridgehead atoms. The van der Waals surface area contributed by atoms with Gasteiger partial charge in [-0.25, -0.2) is 0 Å². The number of nitrogens with zero attached hydrogens (tertiary/aromatic N) is 2. The number of allylic oxidation sites excluding steroid dienone is 2. The summed E-state index contributed by atoms with van der Waals surface area (Å²) in [5.41, 5.74) is 8.95. The monoisotopic (exact) mass is 415 g/mol. The highest BCUT2D eigenvalue weighted by atomic mass is 16.1. The number of hydrogen-bond donors (Lipinski definition) is 1. The molecule has 1 saturated heterocycles. The predicted molar refractivity (Wildman–Crippen MR) is 126 cm³/mol. The molecule has 1 amide bonds. The Morgan fingerprint density at radius 1 is 1.00 bits per heavy atom. The van der Waals surface area contributed by atoms with Gasteiger partial charge in [0.1, 0.15) is 6.04 Å². The molecule has 8 unspecified atom stereocenters. The van der Waals surface area contributed by atoms with Gasteiger partial charge in [0.2, 0.25) is 5.91 Å². The van der Waals surface area contributed by atoms with Crippen LogP contribution in [0.1, 0.15) is 80.6 Å². The van der Waals surface area contributed by atoms with Crippen molar-refractivity contribution in [2.24, 2.45) is 29.4 Å². The van der Waals surface area contributed by atoms with E-state index in [-0.39, 0.29) is 18.1 Å². The molecule has 170 valence electrons. The van der Waals surface area contributed by atoms with Gasteiger partial charge in [0.15, 0.2) is 0 Å². The van der Waals surface area contributed by atoms with Crippen molar-refractivity contribution in [2.75, 3.05) is 6.54 Å². The van der Waals surface area contributed by atoms with E-state index in [2.05, 4.69) is 70.4 Å². The molecular weight excluding hydrogens is 370 g/mol. The molecule has 3 rings (SSSR count). The van der Waals surface area contributed by atoms with E-state index in [1.807, 2.05) is 0 Å². The number of nitrogens with two attached hydrogens (primary N) is 1. The van der Waals surface area contributed by atoms with Gasteiger partial charge in [-0.1, -0.05) is 70.8 Å². The number of primary amides is 1. The van der Waals surface area contributed by atoms with Gasteiger partial charge in [-0.15, -0.1) is 0 Å². The maximum atomic E-state index is 12.7. The SMILES string of the molecule is CCCCC1N(C2C(C)=CC(C)CC2C)CC(C(N)=O)N1C1C(C)=CC(C)CC1C. The summed E-state index contributed by atoms with van der Waals surface area (Å²) in [6.45, 7) is 17.0. The number of carbonyl (C=O) groups excluding carboxylic acids is 1. The summed E-state index contributed by atoms with van der Waals surface area (Å²) < 4.78 is 0. The van der Waals surface area contributed by atoms with Crippen LogP contribution in [0.2, 0.25) is 0 Å². The van der Waals surface area contributed by atoms with Crippen molar-refractivity contribution in [3.05, 3.63) is 23.3 Å². The standard InChI is InChI=1S/C26H45N3O/c1-8-9-10-23-28(24-18(4)11-16(2)12-19(24)5)15-22(26(27)30)29(23)25-20(6)13-17(3)14-21(25)7/h11,13,16-17,19,21-25H,8-10,12,14-15H2,1-7H3,(H2,27,30). The molecular formula is C26H45N3O. The van der Waals surface area contributed by atoms with Crippen LogP contribution in [0.4, 0.5) is 0 Å². The highest BCUT2D eigenvalue weighted by molar-refractivity contribution is 5.80. The van der Waals surface area contributed by atoms with Gasteiger partial charge in [-0.3, -0.25) is 14.6 Å². The first kappa shape index (κ1) is 23.5. The minimum absolute atomic E-state index is 0.156. The van der Waals surface area contributed by atoms with Crippen LogP contribution < -0.4 is 5.73 Å². The largest absolute Gasteiger partial charge is 0.368 e. The zero-order chi connectivity index (χ0) is 22.2. The van der Waals surface area contributed by atoms with Gasteiger partial charge in [-0.05, 0) is 56.8 Å². The zero-order valence-electron chi connectivity index (χ0n) is 20.4. The Morgan fingerprint density at radius 2 is 1.53 bits per heavy atom. The Kier molecular flexibility index (Phi) is 7.50. The molecule has 0 aromatic rings. The van der Waals surface area contributed by atoms with Crippen LogP contribution in [-0.4, -0.2) is 46.5 Å². The quantitative estimate of drug-likeness (QED) is 0.624. The van der Waals surface area contributed by atoms with E-state index in [0.717, 1.165) is 13.0 Å².